The number of rotatable bonds is 2. The molecule has 0 radical (unpaired) electrons. The van der Waals surface area contributed by atoms with E-state index in [4.69, 9.17) is 12.2 Å². The highest BCUT2D eigenvalue weighted by atomic mass is 79.9. The van der Waals surface area contributed by atoms with Crippen molar-refractivity contribution < 1.29 is 5.11 Å². The Kier molecular flexibility index (Phi) is 3.39. The fraction of sp³-hybridized carbons (Fsp3) is 0.100. The zero-order chi connectivity index (χ0) is 12.4. The number of benzene rings is 1. The second kappa shape index (κ2) is 4.80. The lowest BCUT2D eigenvalue weighted by atomic mass is 10.2. The van der Waals surface area contributed by atoms with Crippen LogP contribution in [0.3, 0.4) is 0 Å². The van der Waals surface area contributed by atoms with Gasteiger partial charge in [0.2, 0.25) is 4.77 Å². The number of aryl methyl sites for hydroxylation is 1. The van der Waals surface area contributed by atoms with Gasteiger partial charge >= 0.3 is 0 Å². The Bertz CT molecular complexity index is 631. The molecule has 1 heterocycles. The molecule has 0 saturated carbocycles. The molecule has 2 rings (SSSR count). The van der Waals surface area contributed by atoms with Gasteiger partial charge in [-0.2, -0.15) is 14.9 Å². The summed E-state index contributed by atoms with van der Waals surface area (Å²) >= 11 is 8.39. The highest BCUT2D eigenvalue weighted by Gasteiger charge is 2.00. The summed E-state index contributed by atoms with van der Waals surface area (Å²) in [7, 11) is 0. The number of H-pyrrole nitrogens is 1. The zero-order valence-corrected chi connectivity index (χ0v) is 11.3. The van der Waals surface area contributed by atoms with Gasteiger partial charge in [-0.3, -0.25) is 5.10 Å². The van der Waals surface area contributed by atoms with Crippen LogP contribution in [0.15, 0.2) is 27.8 Å². The number of aromatic hydroxyl groups is 1. The van der Waals surface area contributed by atoms with Crippen LogP contribution in [0.1, 0.15) is 11.4 Å². The summed E-state index contributed by atoms with van der Waals surface area (Å²) in [6.45, 7) is 1.79. The van der Waals surface area contributed by atoms with Crippen LogP contribution in [-0.2, 0) is 0 Å². The number of nitrogens with one attached hydrogen (secondary N) is 1. The summed E-state index contributed by atoms with van der Waals surface area (Å²) in [5.41, 5.74) is 0.757. The highest BCUT2D eigenvalue weighted by molar-refractivity contribution is 9.10. The number of aromatic amines is 1. The Balaban J connectivity index is 2.39. The molecule has 0 atom stereocenters. The SMILES string of the molecule is Cc1n[nH]c(=S)n1/N=C\c1cc(O)ccc1Br. The molecule has 0 aliphatic heterocycles. The van der Waals surface area contributed by atoms with Crippen molar-refractivity contribution >= 4 is 34.4 Å². The molecule has 1 aromatic carbocycles. The van der Waals surface area contributed by atoms with Gasteiger partial charge in [0.1, 0.15) is 11.6 Å². The zero-order valence-electron chi connectivity index (χ0n) is 8.88. The maximum atomic E-state index is 9.38. The number of hydrogen-bond acceptors (Lipinski definition) is 4. The van der Waals surface area contributed by atoms with E-state index in [0.717, 1.165) is 10.0 Å². The first kappa shape index (κ1) is 12.0. The molecule has 0 unspecified atom stereocenters. The number of halogens is 1. The molecule has 0 spiro atoms. The maximum Gasteiger partial charge on any atom is 0.216 e. The number of hydrogen-bond donors (Lipinski definition) is 2. The minimum absolute atomic E-state index is 0.183. The Morgan fingerprint density at radius 3 is 3.00 bits per heavy atom. The molecule has 0 saturated heterocycles. The van der Waals surface area contributed by atoms with Gasteiger partial charge in [-0.1, -0.05) is 15.9 Å². The van der Waals surface area contributed by atoms with Crippen LogP contribution in [-0.4, -0.2) is 26.2 Å². The predicted molar refractivity (Wildman–Crippen MR) is 70.9 cm³/mol. The van der Waals surface area contributed by atoms with Crippen molar-refractivity contribution in [1.29, 1.82) is 0 Å². The molecule has 2 N–H and O–H groups in total. The Morgan fingerprint density at radius 2 is 2.35 bits per heavy atom. The molecular weight excluding hydrogens is 304 g/mol. The summed E-state index contributed by atoms with van der Waals surface area (Å²) in [4.78, 5) is 0. The van der Waals surface area contributed by atoms with Crippen molar-refractivity contribution in [3.8, 4) is 5.75 Å². The van der Waals surface area contributed by atoms with Crippen LogP contribution >= 0.6 is 28.1 Å². The van der Waals surface area contributed by atoms with E-state index >= 15 is 0 Å². The standard InChI is InChI=1S/C10H9BrN4OS/c1-6-13-14-10(17)15(6)12-5-7-4-8(16)2-3-9(7)11/h2-5,16H,1H3,(H,14,17)/b12-5-. The van der Waals surface area contributed by atoms with Crippen molar-refractivity contribution in [2.24, 2.45) is 5.10 Å². The molecule has 0 bridgehead atoms. The lowest BCUT2D eigenvalue weighted by Gasteiger charge is -1.99. The molecule has 0 fully saturated rings. The third-order valence-electron chi connectivity index (χ3n) is 2.10. The highest BCUT2D eigenvalue weighted by Crippen LogP contribution is 2.20. The number of nitrogens with zero attached hydrogens (tertiary/aromatic N) is 3. The minimum Gasteiger partial charge on any atom is -0.508 e. The second-order valence-electron chi connectivity index (χ2n) is 3.34. The quantitative estimate of drug-likeness (QED) is 0.661. The number of phenolic OH excluding ortho intramolecular Hbond substituents is 1. The van der Waals surface area contributed by atoms with Gasteiger partial charge in [0.25, 0.3) is 0 Å². The van der Waals surface area contributed by atoms with E-state index in [0.29, 0.717) is 10.6 Å². The lowest BCUT2D eigenvalue weighted by Crippen LogP contribution is -1.94. The van der Waals surface area contributed by atoms with E-state index in [1.165, 1.54) is 4.68 Å². The van der Waals surface area contributed by atoms with Gasteiger partial charge in [-0.05, 0) is 37.3 Å². The first-order valence-corrected chi connectivity index (χ1v) is 5.95. The van der Waals surface area contributed by atoms with Gasteiger partial charge < -0.3 is 5.11 Å². The Labute approximate surface area is 111 Å². The largest absolute Gasteiger partial charge is 0.508 e. The number of aromatic nitrogens is 3. The molecule has 2 aromatic rings. The second-order valence-corrected chi connectivity index (χ2v) is 4.58. The van der Waals surface area contributed by atoms with E-state index in [9.17, 15) is 5.11 Å². The van der Waals surface area contributed by atoms with Crippen LogP contribution < -0.4 is 0 Å². The molecule has 0 aliphatic rings. The summed E-state index contributed by atoms with van der Waals surface area (Å²) in [5.74, 6) is 0.852. The fourth-order valence-corrected chi connectivity index (χ4v) is 1.83. The van der Waals surface area contributed by atoms with Crippen molar-refractivity contribution in [2.75, 3.05) is 0 Å². The predicted octanol–water partition coefficient (Wildman–Crippen LogP) is 2.60. The Hall–Kier alpha value is -1.47. The van der Waals surface area contributed by atoms with Gasteiger partial charge in [-0.15, -0.1) is 0 Å². The van der Waals surface area contributed by atoms with Crippen LogP contribution in [0.5, 0.6) is 5.75 Å². The molecule has 0 aliphatic carbocycles. The third kappa shape index (κ3) is 2.62. The monoisotopic (exact) mass is 312 g/mol. The minimum atomic E-state index is 0.183. The van der Waals surface area contributed by atoms with Gasteiger partial charge in [-0.25, -0.2) is 0 Å². The van der Waals surface area contributed by atoms with Crippen LogP contribution in [0, 0.1) is 11.7 Å². The average molecular weight is 313 g/mol. The van der Waals surface area contributed by atoms with Crippen molar-refractivity contribution in [3.63, 3.8) is 0 Å². The molecule has 0 amide bonds. The van der Waals surface area contributed by atoms with Gasteiger partial charge in [0, 0.05) is 10.0 Å². The van der Waals surface area contributed by atoms with E-state index in [1.807, 2.05) is 0 Å². The maximum absolute atomic E-state index is 9.38. The number of phenols is 1. The first-order chi connectivity index (χ1) is 8.08. The molecule has 7 heteroatoms. The first-order valence-electron chi connectivity index (χ1n) is 4.75. The van der Waals surface area contributed by atoms with Crippen LogP contribution in [0.4, 0.5) is 0 Å². The third-order valence-corrected chi connectivity index (χ3v) is 3.09. The lowest BCUT2D eigenvalue weighted by molar-refractivity contribution is 0.475. The fourth-order valence-electron chi connectivity index (χ4n) is 1.26. The summed E-state index contributed by atoms with van der Waals surface area (Å²) in [6, 6.07) is 4.95. The van der Waals surface area contributed by atoms with E-state index in [2.05, 4.69) is 31.2 Å². The van der Waals surface area contributed by atoms with Crippen molar-refractivity contribution in [1.82, 2.24) is 14.9 Å². The molecule has 5 nitrogen and oxygen atoms in total. The van der Waals surface area contributed by atoms with E-state index in [1.54, 1.807) is 31.3 Å². The topological polar surface area (TPSA) is 66.2 Å². The summed E-state index contributed by atoms with van der Waals surface area (Å²) < 4.78 is 2.77. The molecule has 1 aromatic heterocycles. The molecule has 88 valence electrons. The summed E-state index contributed by atoms with van der Waals surface area (Å²) in [6.07, 6.45) is 1.60. The molecule has 17 heavy (non-hydrogen) atoms. The van der Waals surface area contributed by atoms with Crippen molar-refractivity contribution in [2.45, 2.75) is 6.92 Å². The smallest absolute Gasteiger partial charge is 0.216 e. The van der Waals surface area contributed by atoms with E-state index < -0.39 is 0 Å². The van der Waals surface area contributed by atoms with E-state index in [-0.39, 0.29) is 5.75 Å². The van der Waals surface area contributed by atoms with Gasteiger partial charge in [0.05, 0.1) is 6.21 Å². The van der Waals surface area contributed by atoms with Crippen LogP contribution in [0.25, 0.3) is 0 Å². The Morgan fingerprint density at radius 1 is 1.59 bits per heavy atom. The average Bonchev–Trinajstić information content (AvgIpc) is 2.61. The normalized spacial score (nSPS) is 11.2. The summed E-state index contributed by atoms with van der Waals surface area (Å²) in [5, 5.41) is 20.1. The van der Waals surface area contributed by atoms with Crippen molar-refractivity contribution in [3.05, 3.63) is 38.8 Å². The van der Waals surface area contributed by atoms with Gasteiger partial charge in [0.15, 0.2) is 0 Å². The van der Waals surface area contributed by atoms with Crippen LogP contribution in [0.2, 0.25) is 0 Å². The molecular formula is C10H9BrN4OS.